The third kappa shape index (κ3) is 4.18. The number of thiophene rings is 1. The molecule has 1 aromatic heterocycles. The van der Waals surface area contributed by atoms with E-state index in [1.54, 1.807) is 4.88 Å². The van der Waals surface area contributed by atoms with Crippen LogP contribution < -0.4 is 10.6 Å². The van der Waals surface area contributed by atoms with Gasteiger partial charge in [0.2, 0.25) is 0 Å². The van der Waals surface area contributed by atoms with Gasteiger partial charge in [0.25, 0.3) is 0 Å². The summed E-state index contributed by atoms with van der Waals surface area (Å²) in [5, 5.41) is 9.41. The van der Waals surface area contributed by atoms with Gasteiger partial charge in [-0.05, 0) is 49.6 Å². The summed E-state index contributed by atoms with van der Waals surface area (Å²) in [4.78, 5) is 11.2. The average Bonchev–Trinajstić information content (AvgIpc) is 3.19. The molecule has 3 heterocycles. The van der Waals surface area contributed by atoms with E-state index in [4.69, 9.17) is 0 Å². The Morgan fingerprint density at radius 1 is 1.36 bits per heavy atom. The van der Waals surface area contributed by atoms with Crippen molar-refractivity contribution < 1.29 is 0 Å². The highest BCUT2D eigenvalue weighted by Gasteiger charge is 2.34. The highest BCUT2D eigenvalue weighted by atomic mass is 32.1. The van der Waals surface area contributed by atoms with Gasteiger partial charge in [0.15, 0.2) is 5.96 Å². The van der Waals surface area contributed by atoms with Gasteiger partial charge in [-0.3, -0.25) is 14.8 Å². The Hall–Kier alpha value is -1.11. The smallest absolute Gasteiger partial charge is 0.191 e. The molecule has 0 aromatic carbocycles. The van der Waals surface area contributed by atoms with Crippen LogP contribution in [-0.2, 0) is 13.0 Å². The molecule has 1 saturated carbocycles. The van der Waals surface area contributed by atoms with E-state index in [0.717, 1.165) is 25.1 Å². The molecule has 6 heteroatoms. The highest BCUT2D eigenvalue weighted by Crippen LogP contribution is 2.29. The fraction of sp³-hybridized carbons (Fsp3) is 0.737. The number of nitrogens with one attached hydrogen (secondary N) is 2. The van der Waals surface area contributed by atoms with Crippen LogP contribution in [0.5, 0.6) is 0 Å². The van der Waals surface area contributed by atoms with Crippen molar-refractivity contribution in [3.8, 4) is 0 Å². The third-order valence-electron chi connectivity index (χ3n) is 5.87. The Balaban J connectivity index is 1.22. The fourth-order valence-corrected chi connectivity index (χ4v) is 4.97. The topological polar surface area (TPSA) is 42.9 Å². The van der Waals surface area contributed by atoms with Crippen molar-refractivity contribution >= 4 is 17.3 Å². The lowest BCUT2D eigenvalue weighted by Crippen LogP contribution is -2.49. The van der Waals surface area contributed by atoms with Gasteiger partial charge in [-0.1, -0.05) is 0 Å². The number of hydrogen-bond acceptors (Lipinski definition) is 4. The van der Waals surface area contributed by atoms with Crippen LogP contribution in [0.4, 0.5) is 0 Å². The standard InChI is InChI=1S/C19H31N5S/c1-14(23-9-6-18-15(12-23)7-10-25-18)11-21-19(20-2)22-16-5-8-24(13-16)17-3-4-17/h7,10,14,16-17H,3-6,8-9,11-13H2,1-2H3,(H2,20,21,22). The molecule has 1 saturated heterocycles. The Kier molecular flexibility index (Phi) is 5.29. The third-order valence-corrected chi connectivity index (χ3v) is 6.90. The predicted octanol–water partition coefficient (Wildman–Crippen LogP) is 1.90. The maximum atomic E-state index is 4.44. The molecule has 25 heavy (non-hydrogen) atoms. The second-order valence-corrected chi connectivity index (χ2v) is 8.75. The number of likely N-dealkylation sites (tertiary alicyclic amines) is 1. The lowest BCUT2D eigenvalue weighted by molar-refractivity contribution is 0.192. The van der Waals surface area contributed by atoms with Crippen LogP contribution in [0.3, 0.4) is 0 Å². The van der Waals surface area contributed by atoms with Crippen molar-refractivity contribution in [2.45, 2.75) is 57.3 Å². The van der Waals surface area contributed by atoms with Crippen LogP contribution in [0, 0.1) is 0 Å². The molecule has 3 aliphatic rings. The molecule has 2 atom stereocenters. The van der Waals surface area contributed by atoms with E-state index < -0.39 is 0 Å². The Morgan fingerprint density at radius 2 is 2.24 bits per heavy atom. The molecule has 2 N–H and O–H groups in total. The van der Waals surface area contributed by atoms with Crippen LogP contribution in [-0.4, -0.2) is 67.1 Å². The van der Waals surface area contributed by atoms with Gasteiger partial charge in [-0.2, -0.15) is 0 Å². The number of fused-ring (bicyclic) bond motifs is 1. The largest absolute Gasteiger partial charge is 0.355 e. The van der Waals surface area contributed by atoms with Gasteiger partial charge in [0.05, 0.1) is 0 Å². The molecule has 138 valence electrons. The summed E-state index contributed by atoms with van der Waals surface area (Å²) in [7, 11) is 1.88. The molecule has 5 nitrogen and oxygen atoms in total. The Labute approximate surface area is 155 Å². The minimum Gasteiger partial charge on any atom is -0.355 e. The number of aliphatic imine (C=N–C) groups is 1. The average molecular weight is 362 g/mol. The van der Waals surface area contributed by atoms with Crippen molar-refractivity contribution in [2.24, 2.45) is 4.99 Å². The van der Waals surface area contributed by atoms with Crippen molar-refractivity contribution in [3.63, 3.8) is 0 Å². The molecular weight excluding hydrogens is 330 g/mol. The molecule has 4 rings (SSSR count). The zero-order chi connectivity index (χ0) is 17.2. The van der Waals surface area contributed by atoms with E-state index >= 15 is 0 Å². The van der Waals surface area contributed by atoms with Gasteiger partial charge in [0, 0.05) is 62.8 Å². The van der Waals surface area contributed by atoms with Crippen LogP contribution in [0.15, 0.2) is 16.4 Å². The summed E-state index contributed by atoms with van der Waals surface area (Å²) in [5.41, 5.74) is 1.52. The van der Waals surface area contributed by atoms with Crippen LogP contribution in [0.25, 0.3) is 0 Å². The second-order valence-electron chi connectivity index (χ2n) is 7.75. The predicted molar refractivity (Wildman–Crippen MR) is 105 cm³/mol. The number of rotatable bonds is 5. The maximum absolute atomic E-state index is 4.44. The highest BCUT2D eigenvalue weighted by molar-refractivity contribution is 7.10. The monoisotopic (exact) mass is 361 g/mol. The van der Waals surface area contributed by atoms with Gasteiger partial charge in [-0.15, -0.1) is 11.3 Å². The normalized spacial score (nSPS) is 26.5. The SMILES string of the molecule is CN=C(NCC(C)N1CCc2sccc2C1)NC1CCN(C2CC2)C1. The van der Waals surface area contributed by atoms with E-state index in [-0.39, 0.29) is 0 Å². The molecule has 0 bridgehead atoms. The lowest BCUT2D eigenvalue weighted by atomic mass is 10.1. The first-order valence-electron chi connectivity index (χ1n) is 9.73. The minimum absolute atomic E-state index is 0.512. The molecule has 2 aliphatic heterocycles. The van der Waals surface area contributed by atoms with E-state index in [2.05, 4.69) is 43.8 Å². The van der Waals surface area contributed by atoms with Gasteiger partial charge in [-0.25, -0.2) is 0 Å². The van der Waals surface area contributed by atoms with Gasteiger partial charge in [0.1, 0.15) is 0 Å². The first-order valence-corrected chi connectivity index (χ1v) is 10.6. The van der Waals surface area contributed by atoms with Crippen LogP contribution in [0.1, 0.15) is 36.6 Å². The summed E-state index contributed by atoms with van der Waals surface area (Å²) in [6.07, 6.45) is 5.24. The maximum Gasteiger partial charge on any atom is 0.191 e. The van der Waals surface area contributed by atoms with E-state index in [1.165, 1.54) is 50.9 Å². The first kappa shape index (κ1) is 17.3. The lowest BCUT2D eigenvalue weighted by Gasteiger charge is -2.33. The molecule has 2 unspecified atom stereocenters. The molecule has 1 aromatic rings. The number of hydrogen-bond donors (Lipinski definition) is 2. The Bertz CT molecular complexity index is 609. The number of guanidine groups is 1. The second kappa shape index (κ2) is 7.64. The van der Waals surface area contributed by atoms with Crippen LogP contribution in [0.2, 0.25) is 0 Å². The van der Waals surface area contributed by atoms with E-state index in [0.29, 0.717) is 12.1 Å². The van der Waals surface area contributed by atoms with Crippen molar-refractivity contribution in [2.75, 3.05) is 33.2 Å². The van der Waals surface area contributed by atoms with Crippen molar-refractivity contribution in [3.05, 3.63) is 21.9 Å². The minimum atomic E-state index is 0.512. The molecule has 1 aliphatic carbocycles. The van der Waals surface area contributed by atoms with Gasteiger partial charge < -0.3 is 10.6 Å². The van der Waals surface area contributed by atoms with E-state index in [9.17, 15) is 0 Å². The summed E-state index contributed by atoms with van der Waals surface area (Å²) >= 11 is 1.91. The molecule has 0 spiro atoms. The van der Waals surface area contributed by atoms with Crippen molar-refractivity contribution in [1.29, 1.82) is 0 Å². The molecule has 0 radical (unpaired) electrons. The quantitative estimate of drug-likeness (QED) is 0.621. The first-order chi connectivity index (χ1) is 12.2. The fourth-order valence-electron chi connectivity index (χ4n) is 4.08. The summed E-state index contributed by atoms with van der Waals surface area (Å²) in [6, 6.07) is 4.23. The van der Waals surface area contributed by atoms with Crippen LogP contribution >= 0.6 is 11.3 Å². The zero-order valence-electron chi connectivity index (χ0n) is 15.5. The summed E-state index contributed by atoms with van der Waals surface area (Å²) in [6.45, 7) is 7.94. The Morgan fingerprint density at radius 3 is 3.04 bits per heavy atom. The molecular formula is C19H31N5S. The van der Waals surface area contributed by atoms with Crippen molar-refractivity contribution in [1.82, 2.24) is 20.4 Å². The zero-order valence-corrected chi connectivity index (χ0v) is 16.3. The summed E-state index contributed by atoms with van der Waals surface area (Å²) < 4.78 is 0. The van der Waals surface area contributed by atoms with Gasteiger partial charge >= 0.3 is 0 Å². The summed E-state index contributed by atoms with van der Waals surface area (Å²) in [5.74, 6) is 0.961. The molecule has 2 fully saturated rings. The van der Waals surface area contributed by atoms with E-state index in [1.807, 2.05) is 18.4 Å². The number of nitrogens with zero attached hydrogens (tertiary/aromatic N) is 3. The molecule has 0 amide bonds.